The van der Waals surface area contributed by atoms with Crippen LogP contribution < -0.4 is 0 Å². The predicted octanol–water partition coefficient (Wildman–Crippen LogP) is 8.91. The first-order valence-electron chi connectivity index (χ1n) is 12.7. The van der Waals surface area contributed by atoms with E-state index in [0.29, 0.717) is 10.8 Å². The van der Waals surface area contributed by atoms with Crippen molar-refractivity contribution in [2.75, 3.05) is 0 Å². The molecule has 0 aromatic rings. The van der Waals surface area contributed by atoms with Crippen LogP contribution in [0.4, 0.5) is 0 Å². The SMILES string of the molecule is CC(C)C/C=C1\CCC2CC1C2(C)C.CC(C)CCC1CCC2CC1C2(C)C. The maximum atomic E-state index is 2.55. The summed E-state index contributed by atoms with van der Waals surface area (Å²) in [5.74, 6) is 6.89. The molecule has 28 heavy (non-hydrogen) atoms. The van der Waals surface area contributed by atoms with Gasteiger partial charge in [-0.1, -0.05) is 73.5 Å². The van der Waals surface area contributed by atoms with Gasteiger partial charge in [-0.2, -0.15) is 0 Å². The van der Waals surface area contributed by atoms with Gasteiger partial charge in [-0.15, -0.1) is 0 Å². The lowest BCUT2D eigenvalue weighted by Crippen LogP contribution is -2.52. The maximum Gasteiger partial charge on any atom is -0.0146 e. The number of fused-ring (bicyclic) bond motifs is 4. The summed E-state index contributed by atoms with van der Waals surface area (Å²) in [5, 5.41) is 0. The summed E-state index contributed by atoms with van der Waals surface area (Å²) in [6, 6.07) is 0. The van der Waals surface area contributed by atoms with Gasteiger partial charge in [0.2, 0.25) is 0 Å². The molecule has 0 heterocycles. The highest BCUT2D eigenvalue weighted by atomic mass is 14.6. The van der Waals surface area contributed by atoms with Crippen LogP contribution in [0, 0.1) is 52.3 Å². The second-order valence-electron chi connectivity index (χ2n) is 12.9. The quantitative estimate of drug-likeness (QED) is 0.414. The van der Waals surface area contributed by atoms with E-state index in [1.54, 1.807) is 12.0 Å². The lowest BCUT2D eigenvalue weighted by atomic mass is 9.45. The van der Waals surface area contributed by atoms with Crippen molar-refractivity contribution in [1.82, 2.24) is 0 Å². The van der Waals surface area contributed by atoms with Crippen LogP contribution in [-0.4, -0.2) is 0 Å². The van der Waals surface area contributed by atoms with E-state index >= 15 is 0 Å². The molecule has 162 valence electrons. The van der Waals surface area contributed by atoms with Crippen molar-refractivity contribution in [3.8, 4) is 0 Å². The normalized spacial score (nSPS) is 38.5. The molecule has 5 atom stereocenters. The first-order chi connectivity index (χ1) is 13.0. The van der Waals surface area contributed by atoms with E-state index in [9.17, 15) is 0 Å². The molecule has 6 aliphatic carbocycles. The van der Waals surface area contributed by atoms with Gasteiger partial charge in [0.1, 0.15) is 0 Å². The maximum absolute atomic E-state index is 2.55. The average molecular weight is 387 g/mol. The fraction of sp³-hybridized carbons (Fsp3) is 0.929. The van der Waals surface area contributed by atoms with Gasteiger partial charge in [-0.05, 0) is 104 Å². The Kier molecular flexibility index (Phi) is 6.78. The van der Waals surface area contributed by atoms with E-state index in [2.05, 4.69) is 61.5 Å². The van der Waals surface area contributed by atoms with E-state index < -0.39 is 0 Å². The first-order valence-corrected chi connectivity index (χ1v) is 12.7. The number of rotatable bonds is 5. The van der Waals surface area contributed by atoms with E-state index in [-0.39, 0.29) is 0 Å². The zero-order valence-corrected chi connectivity index (χ0v) is 20.5. The van der Waals surface area contributed by atoms with Crippen LogP contribution >= 0.6 is 0 Å². The van der Waals surface area contributed by atoms with Gasteiger partial charge >= 0.3 is 0 Å². The summed E-state index contributed by atoms with van der Waals surface area (Å²) >= 11 is 0. The molecular formula is C28H50. The lowest BCUT2D eigenvalue weighted by molar-refractivity contribution is -0.107. The molecule has 4 bridgehead atoms. The highest BCUT2D eigenvalue weighted by molar-refractivity contribution is 5.21. The van der Waals surface area contributed by atoms with Crippen molar-refractivity contribution in [1.29, 1.82) is 0 Å². The summed E-state index contributed by atoms with van der Waals surface area (Å²) in [4.78, 5) is 0. The molecule has 0 radical (unpaired) electrons. The molecule has 0 nitrogen and oxygen atoms in total. The summed E-state index contributed by atoms with van der Waals surface area (Å²) < 4.78 is 0. The van der Waals surface area contributed by atoms with Gasteiger partial charge in [0.25, 0.3) is 0 Å². The summed E-state index contributed by atoms with van der Waals surface area (Å²) in [7, 11) is 0. The Morgan fingerprint density at radius 1 is 0.857 bits per heavy atom. The first kappa shape index (κ1) is 22.4. The van der Waals surface area contributed by atoms with Crippen LogP contribution in [0.15, 0.2) is 11.6 Å². The largest absolute Gasteiger partial charge is 0.0848 e. The summed E-state index contributed by atoms with van der Waals surface area (Å²) in [5.41, 5.74) is 3.10. The molecule has 6 fully saturated rings. The van der Waals surface area contributed by atoms with Gasteiger partial charge in [-0.3, -0.25) is 0 Å². The van der Waals surface area contributed by atoms with Crippen molar-refractivity contribution in [2.45, 2.75) is 113 Å². The average Bonchev–Trinajstić information content (AvgIpc) is 2.65. The third-order valence-electron chi connectivity index (χ3n) is 9.67. The van der Waals surface area contributed by atoms with E-state index in [1.165, 1.54) is 51.4 Å². The van der Waals surface area contributed by atoms with Crippen molar-refractivity contribution < 1.29 is 0 Å². The van der Waals surface area contributed by atoms with Crippen LogP contribution in [0.1, 0.15) is 113 Å². The highest BCUT2D eigenvalue weighted by Gasteiger charge is 2.53. The number of hydrogen-bond donors (Lipinski definition) is 0. The molecule has 5 unspecified atom stereocenters. The zero-order chi connectivity index (χ0) is 20.7. The Bertz CT molecular complexity index is 542. The van der Waals surface area contributed by atoms with Crippen LogP contribution in [0.2, 0.25) is 0 Å². The van der Waals surface area contributed by atoms with E-state index in [0.717, 1.165) is 41.4 Å². The molecule has 0 spiro atoms. The fourth-order valence-electron chi connectivity index (χ4n) is 7.14. The second-order valence-corrected chi connectivity index (χ2v) is 12.9. The van der Waals surface area contributed by atoms with Crippen LogP contribution in [-0.2, 0) is 0 Å². The van der Waals surface area contributed by atoms with Gasteiger partial charge in [-0.25, -0.2) is 0 Å². The topological polar surface area (TPSA) is 0 Å². The Morgan fingerprint density at radius 2 is 1.54 bits per heavy atom. The molecule has 0 saturated heterocycles. The van der Waals surface area contributed by atoms with Gasteiger partial charge in [0.05, 0.1) is 0 Å². The van der Waals surface area contributed by atoms with Crippen molar-refractivity contribution >= 4 is 0 Å². The lowest BCUT2D eigenvalue weighted by Gasteiger charge is -2.60. The van der Waals surface area contributed by atoms with Gasteiger partial charge in [0, 0.05) is 0 Å². The smallest absolute Gasteiger partial charge is 0.0146 e. The molecule has 6 rings (SSSR count). The predicted molar refractivity (Wildman–Crippen MR) is 124 cm³/mol. The van der Waals surface area contributed by atoms with Gasteiger partial charge in [0.15, 0.2) is 0 Å². The Balaban J connectivity index is 0.000000161. The summed E-state index contributed by atoms with van der Waals surface area (Å²) in [6.07, 6.45) is 15.7. The van der Waals surface area contributed by atoms with E-state index in [1.807, 2.05) is 0 Å². The molecule has 0 aromatic heterocycles. The molecule has 6 saturated carbocycles. The van der Waals surface area contributed by atoms with E-state index in [4.69, 9.17) is 0 Å². The van der Waals surface area contributed by atoms with Crippen LogP contribution in [0.25, 0.3) is 0 Å². The van der Waals surface area contributed by atoms with Crippen molar-refractivity contribution in [3.05, 3.63) is 11.6 Å². The standard InChI is InChI=1S/C14H26.C14H24/c2*1-10(2)5-6-11-7-8-12-9-13(11)14(12,3)4/h10-13H,5-9H2,1-4H3;6,10,12-13H,5,7-9H2,1-4H3/b;11-6+. The Labute approximate surface area is 177 Å². The molecule has 0 heteroatoms. The molecule has 0 aliphatic heterocycles. The van der Waals surface area contributed by atoms with Crippen LogP contribution in [0.3, 0.4) is 0 Å². The molecular weight excluding hydrogens is 336 g/mol. The second kappa shape index (κ2) is 8.47. The van der Waals surface area contributed by atoms with Crippen LogP contribution in [0.5, 0.6) is 0 Å². The van der Waals surface area contributed by atoms with Crippen molar-refractivity contribution in [3.63, 3.8) is 0 Å². The Hall–Kier alpha value is -0.260. The Morgan fingerprint density at radius 3 is 2.04 bits per heavy atom. The molecule has 0 amide bonds. The zero-order valence-electron chi connectivity index (χ0n) is 20.5. The number of allylic oxidation sites excluding steroid dienone is 2. The third-order valence-corrected chi connectivity index (χ3v) is 9.67. The highest BCUT2D eigenvalue weighted by Crippen LogP contribution is 2.62. The van der Waals surface area contributed by atoms with Crippen molar-refractivity contribution in [2.24, 2.45) is 52.3 Å². The third kappa shape index (κ3) is 4.41. The summed E-state index contributed by atoms with van der Waals surface area (Å²) in [6.45, 7) is 19.3. The minimum atomic E-state index is 0.626. The monoisotopic (exact) mass is 386 g/mol. The molecule has 0 aromatic carbocycles. The molecule has 6 aliphatic rings. The van der Waals surface area contributed by atoms with Gasteiger partial charge < -0.3 is 0 Å². The fourth-order valence-corrected chi connectivity index (χ4v) is 7.14. The number of hydrogen-bond acceptors (Lipinski definition) is 0. The minimum Gasteiger partial charge on any atom is -0.0848 e. The minimum absolute atomic E-state index is 0.626. The molecule has 0 N–H and O–H groups in total.